The molecule has 0 aromatic rings. The number of hydrogen-bond acceptors (Lipinski definition) is 6. The fourth-order valence-corrected chi connectivity index (χ4v) is 0.935. The average Bonchev–Trinajstić information content (AvgIpc) is 2.30. The fraction of sp³-hybridized carbons (Fsp3) is 0.400. The monoisotopic (exact) mass is 228 g/mol. The summed E-state index contributed by atoms with van der Waals surface area (Å²) in [6, 6.07) is 0. The molecule has 90 valence electrons. The zero-order valence-corrected chi connectivity index (χ0v) is 8.90. The van der Waals surface area contributed by atoms with E-state index in [0.29, 0.717) is 0 Å². The van der Waals surface area contributed by atoms with E-state index < -0.39 is 12.2 Å². The molecule has 6 nitrogen and oxygen atoms in total. The van der Waals surface area contributed by atoms with Crippen molar-refractivity contribution in [1.29, 1.82) is 0 Å². The number of rotatable bonds is 9. The second-order valence-corrected chi connectivity index (χ2v) is 2.70. The lowest BCUT2D eigenvalue weighted by Gasteiger charge is -2.19. The highest BCUT2D eigenvalue weighted by molar-refractivity contribution is 5.74. The fourth-order valence-electron chi connectivity index (χ4n) is 0.935. The SMILES string of the molecule is C=CCO[C@@H](/C=N/O)[C@H](/C=N/O)OCC=C. The maximum absolute atomic E-state index is 8.46. The lowest BCUT2D eigenvalue weighted by atomic mass is 10.2. The molecule has 0 saturated heterocycles. The van der Waals surface area contributed by atoms with Gasteiger partial charge in [0.05, 0.1) is 25.6 Å². The van der Waals surface area contributed by atoms with Gasteiger partial charge in [0, 0.05) is 0 Å². The Morgan fingerprint density at radius 3 is 1.56 bits per heavy atom. The van der Waals surface area contributed by atoms with Crippen molar-refractivity contribution in [3.05, 3.63) is 25.3 Å². The molecule has 0 aromatic heterocycles. The van der Waals surface area contributed by atoms with Crippen LogP contribution in [0.2, 0.25) is 0 Å². The van der Waals surface area contributed by atoms with Gasteiger partial charge in [-0.1, -0.05) is 22.5 Å². The van der Waals surface area contributed by atoms with Crippen LogP contribution in [0.5, 0.6) is 0 Å². The third-order valence-corrected chi connectivity index (χ3v) is 1.56. The van der Waals surface area contributed by atoms with Gasteiger partial charge in [0.15, 0.2) is 0 Å². The molecular weight excluding hydrogens is 212 g/mol. The average molecular weight is 228 g/mol. The van der Waals surface area contributed by atoms with Gasteiger partial charge in [-0.3, -0.25) is 0 Å². The van der Waals surface area contributed by atoms with Gasteiger partial charge in [-0.25, -0.2) is 0 Å². The largest absolute Gasteiger partial charge is 0.411 e. The van der Waals surface area contributed by atoms with Gasteiger partial charge in [-0.2, -0.15) is 0 Å². The van der Waals surface area contributed by atoms with Crippen molar-refractivity contribution >= 4 is 12.4 Å². The molecular formula is C10H16N2O4. The summed E-state index contributed by atoms with van der Waals surface area (Å²) < 4.78 is 10.5. The molecule has 0 radical (unpaired) electrons. The molecule has 0 amide bonds. The molecule has 0 aromatic carbocycles. The van der Waals surface area contributed by atoms with Crippen molar-refractivity contribution < 1.29 is 19.9 Å². The summed E-state index contributed by atoms with van der Waals surface area (Å²) in [5, 5.41) is 22.7. The van der Waals surface area contributed by atoms with Gasteiger partial charge < -0.3 is 19.9 Å². The quantitative estimate of drug-likeness (QED) is 0.267. The zero-order chi connectivity index (χ0) is 12.2. The van der Waals surface area contributed by atoms with Crippen molar-refractivity contribution in [2.75, 3.05) is 13.2 Å². The van der Waals surface area contributed by atoms with Gasteiger partial charge >= 0.3 is 0 Å². The Kier molecular flexibility index (Phi) is 8.85. The van der Waals surface area contributed by atoms with E-state index in [1.807, 2.05) is 0 Å². The number of hydrogen-bond donors (Lipinski definition) is 2. The minimum absolute atomic E-state index is 0.254. The van der Waals surface area contributed by atoms with E-state index in [2.05, 4.69) is 23.5 Å². The van der Waals surface area contributed by atoms with Crippen LogP contribution in [0, 0.1) is 0 Å². The van der Waals surface area contributed by atoms with Crippen molar-refractivity contribution in [3.63, 3.8) is 0 Å². The van der Waals surface area contributed by atoms with E-state index in [1.54, 1.807) is 12.2 Å². The molecule has 0 unspecified atom stereocenters. The molecule has 0 fully saturated rings. The van der Waals surface area contributed by atoms with Gasteiger partial charge in [-0.05, 0) is 0 Å². The predicted molar refractivity (Wildman–Crippen MR) is 60.4 cm³/mol. The van der Waals surface area contributed by atoms with Crippen LogP contribution in [0.25, 0.3) is 0 Å². The van der Waals surface area contributed by atoms with E-state index in [-0.39, 0.29) is 13.2 Å². The van der Waals surface area contributed by atoms with Crippen molar-refractivity contribution in [2.45, 2.75) is 12.2 Å². The molecule has 0 heterocycles. The Morgan fingerprint density at radius 1 is 0.938 bits per heavy atom. The number of ether oxygens (including phenoxy) is 2. The standard InChI is InChI=1S/C10H16N2O4/c1-3-5-15-9(7-11-13)10(8-12-14)16-6-4-2/h3-4,7-10,13-14H,1-2,5-6H2/b11-7+,12-8+/t9-,10-/m0/s1. The van der Waals surface area contributed by atoms with Gasteiger partial charge in [0.25, 0.3) is 0 Å². The number of oxime groups is 2. The summed E-state index contributed by atoms with van der Waals surface area (Å²) in [5.41, 5.74) is 0. The van der Waals surface area contributed by atoms with Crippen molar-refractivity contribution in [2.24, 2.45) is 10.3 Å². The smallest absolute Gasteiger partial charge is 0.128 e. The lowest BCUT2D eigenvalue weighted by molar-refractivity contribution is 0.0111. The molecule has 2 N–H and O–H groups in total. The first-order chi connectivity index (χ1) is 7.79. The molecule has 0 aliphatic rings. The van der Waals surface area contributed by atoms with Crippen LogP contribution in [0.3, 0.4) is 0 Å². The Bertz CT molecular complexity index is 227. The molecule has 2 atom stereocenters. The first kappa shape index (κ1) is 14.3. The second-order valence-electron chi connectivity index (χ2n) is 2.70. The first-order valence-electron chi connectivity index (χ1n) is 4.60. The minimum Gasteiger partial charge on any atom is -0.411 e. The Hall–Kier alpha value is -1.66. The van der Waals surface area contributed by atoms with Gasteiger partial charge in [0.2, 0.25) is 0 Å². The van der Waals surface area contributed by atoms with Gasteiger partial charge in [-0.15, -0.1) is 13.2 Å². The summed E-state index contributed by atoms with van der Waals surface area (Å²) in [4.78, 5) is 0. The van der Waals surface area contributed by atoms with Crippen molar-refractivity contribution in [3.8, 4) is 0 Å². The highest BCUT2D eigenvalue weighted by Gasteiger charge is 2.19. The molecule has 0 spiro atoms. The third-order valence-electron chi connectivity index (χ3n) is 1.56. The van der Waals surface area contributed by atoms with E-state index in [0.717, 1.165) is 12.4 Å². The van der Waals surface area contributed by atoms with Crippen LogP contribution >= 0.6 is 0 Å². The molecule has 16 heavy (non-hydrogen) atoms. The van der Waals surface area contributed by atoms with Crippen LogP contribution in [-0.2, 0) is 9.47 Å². The molecule has 6 heteroatoms. The summed E-state index contributed by atoms with van der Waals surface area (Å²) >= 11 is 0. The maximum Gasteiger partial charge on any atom is 0.128 e. The topological polar surface area (TPSA) is 83.6 Å². The zero-order valence-electron chi connectivity index (χ0n) is 8.90. The Balaban J connectivity index is 4.49. The minimum atomic E-state index is -0.668. The summed E-state index contributed by atoms with van der Waals surface area (Å²) in [7, 11) is 0. The summed E-state index contributed by atoms with van der Waals surface area (Å²) in [6.45, 7) is 7.48. The number of nitrogens with zero attached hydrogens (tertiary/aromatic N) is 2. The lowest BCUT2D eigenvalue weighted by Crippen LogP contribution is -2.34. The van der Waals surface area contributed by atoms with E-state index >= 15 is 0 Å². The normalized spacial score (nSPS) is 15.2. The Morgan fingerprint density at radius 2 is 1.31 bits per heavy atom. The van der Waals surface area contributed by atoms with Gasteiger partial charge in [0.1, 0.15) is 12.2 Å². The van der Waals surface area contributed by atoms with Crippen LogP contribution in [-0.4, -0.2) is 48.3 Å². The van der Waals surface area contributed by atoms with Crippen LogP contribution in [0.15, 0.2) is 35.6 Å². The summed E-state index contributed by atoms with van der Waals surface area (Å²) in [5.74, 6) is 0. The highest BCUT2D eigenvalue weighted by Crippen LogP contribution is 2.02. The molecule has 0 rings (SSSR count). The van der Waals surface area contributed by atoms with Crippen LogP contribution in [0.4, 0.5) is 0 Å². The maximum atomic E-state index is 8.46. The summed E-state index contributed by atoms with van der Waals surface area (Å²) in [6.07, 6.45) is 4.02. The highest BCUT2D eigenvalue weighted by atomic mass is 16.5. The van der Waals surface area contributed by atoms with Crippen molar-refractivity contribution in [1.82, 2.24) is 0 Å². The van der Waals surface area contributed by atoms with Crippen LogP contribution < -0.4 is 0 Å². The van der Waals surface area contributed by atoms with Crippen LogP contribution in [0.1, 0.15) is 0 Å². The molecule has 0 aliphatic carbocycles. The first-order valence-corrected chi connectivity index (χ1v) is 4.60. The third kappa shape index (κ3) is 5.94. The predicted octanol–water partition coefficient (Wildman–Crippen LogP) is 1.05. The molecule has 0 bridgehead atoms. The Labute approximate surface area is 94.2 Å². The van der Waals surface area contributed by atoms with E-state index in [4.69, 9.17) is 19.9 Å². The molecule has 0 aliphatic heterocycles. The second kappa shape index (κ2) is 9.88. The molecule has 0 saturated carbocycles. The van der Waals surface area contributed by atoms with E-state index in [9.17, 15) is 0 Å². The van der Waals surface area contributed by atoms with E-state index in [1.165, 1.54) is 0 Å².